The van der Waals surface area contributed by atoms with Crippen molar-refractivity contribution in [2.75, 3.05) is 13.1 Å². The summed E-state index contributed by atoms with van der Waals surface area (Å²) in [6.45, 7) is 6.02. The van der Waals surface area contributed by atoms with Crippen LogP contribution < -0.4 is 0 Å². The van der Waals surface area contributed by atoms with Crippen LogP contribution in [0.15, 0.2) is 47.6 Å². The van der Waals surface area contributed by atoms with Crippen molar-refractivity contribution in [2.45, 2.75) is 32.9 Å². The molecule has 0 radical (unpaired) electrons. The second-order valence-electron chi connectivity index (χ2n) is 6.87. The maximum Gasteiger partial charge on any atom is 0.226 e. The van der Waals surface area contributed by atoms with Crippen molar-refractivity contribution in [3.63, 3.8) is 0 Å². The van der Waals surface area contributed by atoms with Gasteiger partial charge in [-0.05, 0) is 44.4 Å². The molecule has 0 saturated carbocycles. The first-order valence-corrected chi connectivity index (χ1v) is 8.82. The molecule has 0 unspecified atom stereocenters. The molecular weight excluding hydrogens is 314 g/mol. The smallest absolute Gasteiger partial charge is 0.226 e. The number of rotatable bonds is 5. The zero-order chi connectivity index (χ0) is 17.1. The topological polar surface area (TPSA) is 60.0 Å². The van der Waals surface area contributed by atoms with Gasteiger partial charge in [-0.3, -0.25) is 9.58 Å². The van der Waals surface area contributed by atoms with Crippen LogP contribution >= 0.6 is 0 Å². The first-order valence-electron chi connectivity index (χ1n) is 8.82. The van der Waals surface area contributed by atoms with Crippen LogP contribution in [0.4, 0.5) is 0 Å². The van der Waals surface area contributed by atoms with Gasteiger partial charge in [0, 0.05) is 25.2 Å². The van der Waals surface area contributed by atoms with E-state index >= 15 is 0 Å². The second kappa shape index (κ2) is 7.19. The fourth-order valence-corrected chi connectivity index (χ4v) is 3.47. The van der Waals surface area contributed by atoms with Gasteiger partial charge in [0.15, 0.2) is 0 Å². The molecule has 0 amide bonds. The summed E-state index contributed by atoms with van der Waals surface area (Å²) in [5.41, 5.74) is 3.26. The van der Waals surface area contributed by atoms with Crippen molar-refractivity contribution in [3.05, 3.63) is 54.4 Å². The van der Waals surface area contributed by atoms with Gasteiger partial charge in [-0.1, -0.05) is 17.7 Å². The van der Waals surface area contributed by atoms with Crippen molar-refractivity contribution in [2.24, 2.45) is 5.92 Å². The van der Waals surface area contributed by atoms with Crippen molar-refractivity contribution in [1.29, 1.82) is 0 Å². The lowest BCUT2D eigenvalue weighted by atomic mass is 9.98. The fourth-order valence-electron chi connectivity index (χ4n) is 3.47. The van der Waals surface area contributed by atoms with Crippen LogP contribution in [0.3, 0.4) is 0 Å². The standard InChI is InChI=1S/C19H23N5O/c1-15-4-6-17(7-5-15)19-22-18(12-25-19)11-23-8-2-3-16(9-23)10-24-14-20-13-21-24/h4-7,12-14,16H,2-3,8-11H2,1H3/t16-/m1/s1. The predicted molar refractivity (Wildman–Crippen MR) is 94.7 cm³/mol. The van der Waals surface area contributed by atoms with Gasteiger partial charge in [-0.25, -0.2) is 9.97 Å². The SMILES string of the molecule is Cc1ccc(-c2nc(CN3CCC[C@@H](Cn4cncn4)C3)co2)cc1. The summed E-state index contributed by atoms with van der Waals surface area (Å²) in [6.07, 6.45) is 7.63. The number of aromatic nitrogens is 4. The van der Waals surface area contributed by atoms with Crippen LogP contribution in [0.5, 0.6) is 0 Å². The summed E-state index contributed by atoms with van der Waals surface area (Å²) in [4.78, 5) is 11.2. The largest absolute Gasteiger partial charge is 0.444 e. The van der Waals surface area contributed by atoms with E-state index in [0.29, 0.717) is 11.8 Å². The van der Waals surface area contributed by atoms with Crippen LogP contribution in [0.1, 0.15) is 24.1 Å². The molecule has 3 aromatic rings. The van der Waals surface area contributed by atoms with Crippen LogP contribution in [-0.4, -0.2) is 37.7 Å². The summed E-state index contributed by atoms with van der Waals surface area (Å²) in [5, 5.41) is 4.22. The Balaban J connectivity index is 1.37. The number of likely N-dealkylation sites (tertiary alicyclic amines) is 1. The highest BCUT2D eigenvalue weighted by molar-refractivity contribution is 5.53. The van der Waals surface area contributed by atoms with Gasteiger partial charge < -0.3 is 4.42 Å². The zero-order valence-corrected chi connectivity index (χ0v) is 14.5. The van der Waals surface area contributed by atoms with Crippen molar-refractivity contribution >= 4 is 0 Å². The quantitative estimate of drug-likeness (QED) is 0.716. The first kappa shape index (κ1) is 16.0. The maximum absolute atomic E-state index is 5.68. The molecular formula is C19H23N5O. The van der Waals surface area contributed by atoms with E-state index in [2.05, 4.69) is 51.2 Å². The lowest BCUT2D eigenvalue weighted by Gasteiger charge is -2.31. The molecule has 6 heteroatoms. The molecule has 3 heterocycles. The minimum absolute atomic E-state index is 0.610. The van der Waals surface area contributed by atoms with Gasteiger partial charge in [-0.2, -0.15) is 5.10 Å². The van der Waals surface area contributed by atoms with Gasteiger partial charge in [-0.15, -0.1) is 0 Å². The normalized spacial score (nSPS) is 18.5. The summed E-state index contributed by atoms with van der Waals surface area (Å²) >= 11 is 0. The molecule has 1 fully saturated rings. The van der Waals surface area contributed by atoms with E-state index in [0.717, 1.165) is 37.4 Å². The number of nitrogens with zero attached hydrogens (tertiary/aromatic N) is 5. The molecule has 2 aromatic heterocycles. The van der Waals surface area contributed by atoms with Crippen LogP contribution in [0, 0.1) is 12.8 Å². The lowest BCUT2D eigenvalue weighted by Crippen LogP contribution is -2.36. The van der Waals surface area contributed by atoms with E-state index in [1.807, 2.05) is 4.68 Å². The molecule has 0 N–H and O–H groups in total. The monoisotopic (exact) mass is 337 g/mol. The molecule has 0 spiro atoms. The van der Waals surface area contributed by atoms with Crippen molar-refractivity contribution in [1.82, 2.24) is 24.6 Å². The van der Waals surface area contributed by atoms with Gasteiger partial charge in [0.1, 0.15) is 18.9 Å². The van der Waals surface area contributed by atoms with Crippen LogP contribution in [-0.2, 0) is 13.1 Å². The van der Waals surface area contributed by atoms with E-state index in [1.54, 1.807) is 18.9 Å². The minimum Gasteiger partial charge on any atom is -0.444 e. The van der Waals surface area contributed by atoms with E-state index in [9.17, 15) is 0 Å². The highest BCUT2D eigenvalue weighted by atomic mass is 16.3. The Bertz CT molecular complexity index is 794. The maximum atomic E-state index is 5.68. The number of benzene rings is 1. The molecule has 25 heavy (non-hydrogen) atoms. The van der Waals surface area contributed by atoms with Gasteiger partial charge in [0.2, 0.25) is 5.89 Å². The summed E-state index contributed by atoms with van der Waals surface area (Å²) in [5.74, 6) is 1.31. The molecule has 1 aliphatic rings. The number of oxazole rings is 1. The zero-order valence-electron chi connectivity index (χ0n) is 14.5. The highest BCUT2D eigenvalue weighted by Gasteiger charge is 2.21. The molecule has 1 aliphatic heterocycles. The molecule has 1 aromatic carbocycles. The van der Waals surface area contributed by atoms with Crippen molar-refractivity contribution < 1.29 is 4.42 Å². The number of hydrogen-bond donors (Lipinski definition) is 0. The summed E-state index contributed by atoms with van der Waals surface area (Å²) in [7, 11) is 0. The summed E-state index contributed by atoms with van der Waals surface area (Å²) < 4.78 is 7.61. The Hall–Kier alpha value is -2.47. The molecule has 0 bridgehead atoms. The number of piperidine rings is 1. The fraction of sp³-hybridized carbons (Fsp3) is 0.421. The average molecular weight is 337 g/mol. The average Bonchev–Trinajstić information content (AvgIpc) is 3.28. The van der Waals surface area contributed by atoms with E-state index in [4.69, 9.17) is 4.42 Å². The molecule has 0 aliphatic carbocycles. The van der Waals surface area contributed by atoms with E-state index < -0.39 is 0 Å². The third-order valence-electron chi connectivity index (χ3n) is 4.75. The van der Waals surface area contributed by atoms with Gasteiger partial charge in [0.25, 0.3) is 0 Å². The second-order valence-corrected chi connectivity index (χ2v) is 6.87. The third-order valence-corrected chi connectivity index (χ3v) is 4.75. The van der Waals surface area contributed by atoms with Crippen LogP contribution in [0.2, 0.25) is 0 Å². The van der Waals surface area contributed by atoms with Gasteiger partial charge in [0.05, 0.1) is 5.69 Å². The van der Waals surface area contributed by atoms with Crippen molar-refractivity contribution in [3.8, 4) is 11.5 Å². The Morgan fingerprint density at radius 1 is 1.24 bits per heavy atom. The van der Waals surface area contributed by atoms with Gasteiger partial charge >= 0.3 is 0 Å². The highest BCUT2D eigenvalue weighted by Crippen LogP contribution is 2.22. The number of aryl methyl sites for hydroxylation is 1. The third kappa shape index (κ3) is 3.96. The molecule has 130 valence electrons. The number of hydrogen-bond acceptors (Lipinski definition) is 5. The lowest BCUT2D eigenvalue weighted by molar-refractivity contribution is 0.151. The Morgan fingerprint density at radius 2 is 2.12 bits per heavy atom. The van der Waals surface area contributed by atoms with E-state index in [1.165, 1.54) is 18.4 Å². The molecule has 4 rings (SSSR count). The minimum atomic E-state index is 0.610. The molecule has 1 saturated heterocycles. The molecule has 6 nitrogen and oxygen atoms in total. The summed E-state index contributed by atoms with van der Waals surface area (Å²) in [6, 6.07) is 8.27. The molecule has 1 atom stereocenters. The first-order chi connectivity index (χ1) is 12.3. The Labute approximate surface area is 147 Å². The van der Waals surface area contributed by atoms with Crippen LogP contribution in [0.25, 0.3) is 11.5 Å². The predicted octanol–water partition coefficient (Wildman–Crippen LogP) is 3.15. The Morgan fingerprint density at radius 3 is 2.92 bits per heavy atom. The Kier molecular flexibility index (Phi) is 4.61. The van der Waals surface area contributed by atoms with E-state index in [-0.39, 0.29) is 0 Å².